The van der Waals surface area contributed by atoms with Crippen molar-refractivity contribution in [3.8, 4) is 0 Å². The van der Waals surface area contributed by atoms with E-state index in [2.05, 4.69) is 49.9 Å². The fourth-order valence-corrected chi connectivity index (χ4v) is 3.45. The van der Waals surface area contributed by atoms with Gasteiger partial charge in [0, 0.05) is 29.8 Å². The predicted octanol–water partition coefficient (Wildman–Crippen LogP) is 3.35. The van der Waals surface area contributed by atoms with E-state index in [1.807, 2.05) is 0 Å². The van der Waals surface area contributed by atoms with Gasteiger partial charge in [0.25, 0.3) is 0 Å². The molecule has 3 rings (SSSR count). The number of benzene rings is 1. The monoisotopic (exact) mass is 245 g/mol. The molecule has 1 aromatic carbocycles. The van der Waals surface area contributed by atoms with Crippen molar-refractivity contribution >= 4 is 5.69 Å². The van der Waals surface area contributed by atoms with Crippen molar-refractivity contribution in [2.45, 2.75) is 44.6 Å². The zero-order valence-electron chi connectivity index (χ0n) is 11.7. The lowest BCUT2D eigenvalue weighted by Crippen LogP contribution is -2.49. The molecule has 0 bridgehead atoms. The smallest absolute Gasteiger partial charge is 0.0565 e. The summed E-state index contributed by atoms with van der Waals surface area (Å²) in [5.41, 5.74) is 3.40. The SMILES string of the molecule is CC(C)(C)N1CCC2(CCOC2)c2ccccc21. The first-order valence-corrected chi connectivity index (χ1v) is 6.98. The quantitative estimate of drug-likeness (QED) is 0.695. The van der Waals surface area contributed by atoms with Crippen LogP contribution in [0.3, 0.4) is 0 Å². The first-order chi connectivity index (χ1) is 8.53. The molecule has 0 radical (unpaired) electrons. The Labute approximate surface area is 110 Å². The second kappa shape index (κ2) is 3.99. The van der Waals surface area contributed by atoms with Crippen LogP contribution in [-0.4, -0.2) is 25.3 Å². The topological polar surface area (TPSA) is 12.5 Å². The van der Waals surface area contributed by atoms with E-state index in [1.54, 1.807) is 0 Å². The average Bonchev–Trinajstić information content (AvgIpc) is 2.78. The molecule has 1 aromatic rings. The molecule has 0 saturated carbocycles. The lowest BCUT2D eigenvalue weighted by atomic mass is 9.73. The normalized spacial score (nSPS) is 27.6. The van der Waals surface area contributed by atoms with Gasteiger partial charge in [0.2, 0.25) is 0 Å². The fraction of sp³-hybridized carbons (Fsp3) is 0.625. The van der Waals surface area contributed by atoms with Crippen molar-refractivity contribution in [3.05, 3.63) is 29.8 Å². The van der Waals surface area contributed by atoms with Gasteiger partial charge in [-0.15, -0.1) is 0 Å². The van der Waals surface area contributed by atoms with Gasteiger partial charge in [0.15, 0.2) is 0 Å². The number of fused-ring (bicyclic) bond motifs is 2. The third-order valence-electron chi connectivity index (χ3n) is 4.49. The molecule has 0 aromatic heterocycles. The van der Waals surface area contributed by atoms with Gasteiger partial charge in [-0.2, -0.15) is 0 Å². The van der Waals surface area contributed by atoms with Gasteiger partial charge in [0.1, 0.15) is 0 Å². The average molecular weight is 245 g/mol. The second-order valence-corrected chi connectivity index (χ2v) is 6.67. The lowest BCUT2D eigenvalue weighted by molar-refractivity contribution is 0.172. The van der Waals surface area contributed by atoms with E-state index in [9.17, 15) is 0 Å². The molecule has 1 unspecified atom stereocenters. The second-order valence-electron chi connectivity index (χ2n) is 6.67. The standard InChI is InChI=1S/C16H23NO/c1-15(2,3)17-10-8-16(9-11-18-12-16)13-6-4-5-7-14(13)17/h4-7H,8-12H2,1-3H3. The third kappa shape index (κ3) is 1.74. The molecule has 1 spiro atoms. The van der Waals surface area contributed by atoms with E-state index < -0.39 is 0 Å². The molecular formula is C16H23NO. The number of anilines is 1. The van der Waals surface area contributed by atoms with E-state index in [-0.39, 0.29) is 5.54 Å². The molecule has 1 atom stereocenters. The zero-order chi connectivity index (χ0) is 12.8. The third-order valence-corrected chi connectivity index (χ3v) is 4.49. The minimum absolute atomic E-state index is 0.192. The Morgan fingerprint density at radius 1 is 1.17 bits per heavy atom. The first-order valence-electron chi connectivity index (χ1n) is 6.98. The Morgan fingerprint density at radius 2 is 1.94 bits per heavy atom. The molecule has 2 heterocycles. The largest absolute Gasteiger partial charge is 0.380 e. The van der Waals surface area contributed by atoms with Crippen molar-refractivity contribution in [2.24, 2.45) is 0 Å². The van der Waals surface area contributed by atoms with Crippen LogP contribution in [0, 0.1) is 0 Å². The van der Waals surface area contributed by atoms with E-state index >= 15 is 0 Å². The number of rotatable bonds is 0. The highest BCUT2D eigenvalue weighted by atomic mass is 16.5. The molecule has 0 aliphatic carbocycles. The number of para-hydroxylation sites is 1. The predicted molar refractivity (Wildman–Crippen MR) is 75.3 cm³/mol. The van der Waals surface area contributed by atoms with Crippen LogP contribution in [-0.2, 0) is 10.2 Å². The number of nitrogens with zero attached hydrogens (tertiary/aromatic N) is 1. The maximum Gasteiger partial charge on any atom is 0.0565 e. The minimum Gasteiger partial charge on any atom is -0.380 e. The van der Waals surface area contributed by atoms with Gasteiger partial charge >= 0.3 is 0 Å². The van der Waals surface area contributed by atoms with Crippen LogP contribution < -0.4 is 4.90 Å². The van der Waals surface area contributed by atoms with Crippen molar-refractivity contribution in [3.63, 3.8) is 0 Å². The Kier molecular flexibility index (Phi) is 2.67. The summed E-state index contributed by atoms with van der Waals surface area (Å²) in [6.45, 7) is 9.86. The zero-order valence-corrected chi connectivity index (χ0v) is 11.7. The summed E-state index contributed by atoms with van der Waals surface area (Å²) < 4.78 is 5.70. The van der Waals surface area contributed by atoms with Crippen LogP contribution in [0.1, 0.15) is 39.2 Å². The molecule has 2 heteroatoms. The Bertz CT molecular complexity index is 441. The molecule has 98 valence electrons. The first kappa shape index (κ1) is 12.0. The summed E-state index contributed by atoms with van der Waals surface area (Å²) in [7, 11) is 0. The molecule has 0 amide bonds. The van der Waals surface area contributed by atoms with E-state index in [1.165, 1.54) is 24.1 Å². The van der Waals surface area contributed by atoms with Crippen molar-refractivity contribution in [2.75, 3.05) is 24.7 Å². The van der Waals surface area contributed by atoms with Crippen LogP contribution in [0.25, 0.3) is 0 Å². The molecule has 1 saturated heterocycles. The highest BCUT2D eigenvalue weighted by Gasteiger charge is 2.43. The van der Waals surface area contributed by atoms with Gasteiger partial charge < -0.3 is 9.64 Å². The van der Waals surface area contributed by atoms with Gasteiger partial charge in [-0.25, -0.2) is 0 Å². The highest BCUT2D eigenvalue weighted by Crippen LogP contribution is 2.46. The maximum absolute atomic E-state index is 5.70. The van der Waals surface area contributed by atoms with Crippen molar-refractivity contribution in [1.82, 2.24) is 0 Å². The summed E-state index contributed by atoms with van der Waals surface area (Å²) >= 11 is 0. The lowest BCUT2D eigenvalue weighted by Gasteiger charge is -2.47. The van der Waals surface area contributed by atoms with Gasteiger partial charge in [0.05, 0.1) is 6.61 Å². The van der Waals surface area contributed by atoms with Crippen LogP contribution in [0.15, 0.2) is 24.3 Å². The molecule has 0 N–H and O–H groups in total. The van der Waals surface area contributed by atoms with Crippen LogP contribution >= 0.6 is 0 Å². The molecule has 2 aliphatic heterocycles. The van der Waals surface area contributed by atoms with Crippen molar-refractivity contribution in [1.29, 1.82) is 0 Å². The summed E-state index contributed by atoms with van der Waals surface area (Å²) in [6.07, 6.45) is 2.41. The summed E-state index contributed by atoms with van der Waals surface area (Å²) in [4.78, 5) is 2.55. The maximum atomic E-state index is 5.70. The van der Waals surface area contributed by atoms with Crippen LogP contribution in [0.4, 0.5) is 5.69 Å². The fourth-order valence-electron chi connectivity index (χ4n) is 3.45. The molecular weight excluding hydrogens is 222 g/mol. The minimum atomic E-state index is 0.192. The highest BCUT2D eigenvalue weighted by molar-refractivity contribution is 5.61. The Morgan fingerprint density at radius 3 is 2.61 bits per heavy atom. The molecule has 1 fully saturated rings. The Balaban J connectivity index is 2.08. The van der Waals surface area contributed by atoms with E-state index in [0.717, 1.165) is 19.8 Å². The van der Waals surface area contributed by atoms with E-state index in [4.69, 9.17) is 4.74 Å². The van der Waals surface area contributed by atoms with Gasteiger partial charge in [-0.3, -0.25) is 0 Å². The van der Waals surface area contributed by atoms with Gasteiger partial charge in [-0.1, -0.05) is 18.2 Å². The number of hydrogen-bond acceptors (Lipinski definition) is 2. The molecule has 2 aliphatic rings. The summed E-state index contributed by atoms with van der Waals surface area (Å²) in [6, 6.07) is 8.92. The molecule has 18 heavy (non-hydrogen) atoms. The summed E-state index contributed by atoms with van der Waals surface area (Å²) in [5, 5.41) is 0. The van der Waals surface area contributed by atoms with Crippen LogP contribution in [0.2, 0.25) is 0 Å². The van der Waals surface area contributed by atoms with Gasteiger partial charge in [-0.05, 0) is 45.2 Å². The number of ether oxygens (including phenoxy) is 1. The van der Waals surface area contributed by atoms with E-state index in [0.29, 0.717) is 5.41 Å². The number of hydrogen-bond donors (Lipinski definition) is 0. The van der Waals surface area contributed by atoms with Crippen molar-refractivity contribution < 1.29 is 4.74 Å². The Hall–Kier alpha value is -1.02. The molecule has 2 nitrogen and oxygen atoms in total. The summed E-state index contributed by atoms with van der Waals surface area (Å²) in [5.74, 6) is 0. The van der Waals surface area contributed by atoms with Crippen LogP contribution in [0.5, 0.6) is 0 Å².